The molecule has 3 heterocycles. The minimum absolute atomic E-state index is 0.0322. The van der Waals surface area contributed by atoms with Crippen molar-refractivity contribution in [3.05, 3.63) is 30.7 Å². The molecule has 1 fully saturated rings. The van der Waals surface area contributed by atoms with Crippen LogP contribution in [0.15, 0.2) is 24.9 Å². The fourth-order valence-electron chi connectivity index (χ4n) is 3.66. The second-order valence-corrected chi connectivity index (χ2v) is 7.75. The first kappa shape index (κ1) is 19.2. The number of aromatic nitrogens is 5. The smallest absolute Gasteiger partial charge is 0.222 e. The van der Waals surface area contributed by atoms with Crippen molar-refractivity contribution in [1.29, 1.82) is 0 Å². The number of nitrogens with one attached hydrogen (secondary N) is 3. The molecule has 29 heavy (non-hydrogen) atoms. The molecule has 1 aliphatic rings. The predicted octanol–water partition coefficient (Wildman–Crippen LogP) is 3.05. The maximum atomic E-state index is 14.4. The highest BCUT2D eigenvalue weighted by Crippen LogP contribution is 2.27. The molecule has 1 aliphatic carbocycles. The van der Waals surface area contributed by atoms with Crippen molar-refractivity contribution in [2.45, 2.75) is 51.6 Å². The molecule has 0 spiro atoms. The molecule has 152 valence electrons. The number of hydrogen-bond donors (Lipinski definition) is 3. The summed E-state index contributed by atoms with van der Waals surface area (Å²) < 4.78 is 14.4. The Morgan fingerprint density at radius 3 is 2.90 bits per heavy atom. The summed E-state index contributed by atoms with van der Waals surface area (Å²) in [4.78, 5) is 31.8. The monoisotopic (exact) mass is 397 g/mol. The van der Waals surface area contributed by atoms with E-state index in [0.717, 1.165) is 36.6 Å². The van der Waals surface area contributed by atoms with Gasteiger partial charge in [0, 0.05) is 41.3 Å². The van der Waals surface area contributed by atoms with Gasteiger partial charge in [-0.15, -0.1) is 0 Å². The second-order valence-electron chi connectivity index (χ2n) is 7.75. The number of H-pyrrole nitrogens is 1. The summed E-state index contributed by atoms with van der Waals surface area (Å²) in [5.41, 5.74) is 1.39. The van der Waals surface area contributed by atoms with E-state index in [0.29, 0.717) is 11.5 Å². The first-order valence-electron chi connectivity index (χ1n) is 9.88. The van der Waals surface area contributed by atoms with Gasteiger partial charge in [-0.1, -0.05) is 13.8 Å². The molecular weight excluding hydrogens is 373 g/mol. The van der Waals surface area contributed by atoms with Crippen molar-refractivity contribution in [1.82, 2.24) is 30.2 Å². The van der Waals surface area contributed by atoms with Crippen LogP contribution in [0.2, 0.25) is 0 Å². The van der Waals surface area contributed by atoms with Crippen LogP contribution in [0.1, 0.15) is 39.5 Å². The van der Waals surface area contributed by atoms with E-state index in [4.69, 9.17) is 0 Å². The molecule has 0 radical (unpaired) electrons. The third-order valence-electron chi connectivity index (χ3n) is 5.23. The average molecular weight is 397 g/mol. The number of rotatable bonds is 5. The third-order valence-corrected chi connectivity index (χ3v) is 5.23. The SMILES string of the molecule is CC(C)C(=O)N[C@H]1CCC[C@@H](Nc2nc(-c3c[nH]c4ncncc34)ncc2F)C1. The van der Waals surface area contributed by atoms with E-state index in [2.05, 4.69) is 35.6 Å². The molecule has 3 aromatic rings. The first-order valence-corrected chi connectivity index (χ1v) is 9.88. The molecule has 3 N–H and O–H groups in total. The Bertz CT molecular complexity index is 1020. The summed E-state index contributed by atoms with van der Waals surface area (Å²) in [6.45, 7) is 3.75. The Kier molecular flexibility index (Phi) is 5.37. The van der Waals surface area contributed by atoms with Crippen LogP contribution >= 0.6 is 0 Å². The second kappa shape index (κ2) is 8.10. The van der Waals surface area contributed by atoms with E-state index >= 15 is 0 Å². The number of hydrogen-bond acceptors (Lipinski definition) is 6. The normalized spacial score (nSPS) is 19.4. The maximum Gasteiger partial charge on any atom is 0.222 e. The number of carbonyl (C=O) groups excluding carboxylic acids is 1. The highest BCUT2D eigenvalue weighted by atomic mass is 19.1. The molecule has 0 unspecified atom stereocenters. The highest BCUT2D eigenvalue weighted by Gasteiger charge is 2.25. The predicted molar refractivity (Wildman–Crippen MR) is 108 cm³/mol. The zero-order chi connectivity index (χ0) is 20.4. The minimum Gasteiger partial charge on any atom is -0.365 e. The van der Waals surface area contributed by atoms with Gasteiger partial charge in [-0.2, -0.15) is 0 Å². The van der Waals surface area contributed by atoms with E-state index in [9.17, 15) is 9.18 Å². The molecular formula is C20H24FN7O. The number of nitrogens with zero attached hydrogens (tertiary/aromatic N) is 4. The van der Waals surface area contributed by atoms with Gasteiger partial charge in [-0.3, -0.25) is 4.79 Å². The molecule has 2 atom stereocenters. The van der Waals surface area contributed by atoms with Crippen LogP contribution in [0.25, 0.3) is 22.4 Å². The molecule has 0 aromatic carbocycles. The van der Waals surface area contributed by atoms with E-state index in [1.165, 1.54) is 12.5 Å². The van der Waals surface area contributed by atoms with Gasteiger partial charge in [-0.25, -0.2) is 24.3 Å². The number of aromatic amines is 1. The zero-order valence-corrected chi connectivity index (χ0v) is 16.4. The maximum absolute atomic E-state index is 14.4. The van der Waals surface area contributed by atoms with Crippen molar-refractivity contribution >= 4 is 22.8 Å². The van der Waals surface area contributed by atoms with Crippen LogP contribution < -0.4 is 10.6 Å². The van der Waals surface area contributed by atoms with Crippen molar-refractivity contribution in [2.75, 3.05) is 5.32 Å². The summed E-state index contributed by atoms with van der Waals surface area (Å²) >= 11 is 0. The van der Waals surface area contributed by atoms with Gasteiger partial charge >= 0.3 is 0 Å². The number of amides is 1. The molecule has 1 saturated carbocycles. The minimum atomic E-state index is -0.502. The van der Waals surface area contributed by atoms with Crippen LogP contribution in [0.3, 0.4) is 0 Å². The summed E-state index contributed by atoms with van der Waals surface area (Å²) in [5, 5.41) is 7.07. The third kappa shape index (κ3) is 4.18. The lowest BCUT2D eigenvalue weighted by Gasteiger charge is -2.31. The molecule has 0 bridgehead atoms. The highest BCUT2D eigenvalue weighted by molar-refractivity contribution is 5.90. The molecule has 8 nitrogen and oxygen atoms in total. The molecule has 3 aromatic heterocycles. The lowest BCUT2D eigenvalue weighted by atomic mass is 9.90. The van der Waals surface area contributed by atoms with E-state index < -0.39 is 5.82 Å². The van der Waals surface area contributed by atoms with E-state index in [1.807, 2.05) is 13.8 Å². The summed E-state index contributed by atoms with van der Waals surface area (Å²) in [6.07, 6.45) is 9.58. The van der Waals surface area contributed by atoms with Gasteiger partial charge in [0.2, 0.25) is 5.91 Å². The van der Waals surface area contributed by atoms with Gasteiger partial charge in [0.05, 0.1) is 6.20 Å². The molecule has 1 amide bonds. The molecule has 4 rings (SSSR count). The number of carbonyl (C=O) groups is 1. The van der Waals surface area contributed by atoms with E-state index in [1.54, 1.807) is 12.4 Å². The molecule has 0 aliphatic heterocycles. The van der Waals surface area contributed by atoms with Crippen LogP contribution in [-0.4, -0.2) is 42.9 Å². The van der Waals surface area contributed by atoms with Crippen LogP contribution in [0, 0.1) is 11.7 Å². The Morgan fingerprint density at radius 1 is 1.24 bits per heavy atom. The lowest BCUT2D eigenvalue weighted by Crippen LogP contribution is -2.43. The van der Waals surface area contributed by atoms with Crippen molar-refractivity contribution < 1.29 is 9.18 Å². The Morgan fingerprint density at radius 2 is 2.07 bits per heavy atom. The van der Waals surface area contributed by atoms with E-state index in [-0.39, 0.29) is 29.7 Å². The van der Waals surface area contributed by atoms with Crippen LogP contribution in [0.5, 0.6) is 0 Å². The van der Waals surface area contributed by atoms with Crippen LogP contribution in [0.4, 0.5) is 10.2 Å². The quantitative estimate of drug-likeness (QED) is 0.611. The number of halogens is 1. The topological polar surface area (TPSA) is 108 Å². The zero-order valence-electron chi connectivity index (χ0n) is 16.4. The first-order chi connectivity index (χ1) is 14.0. The fraction of sp³-hybridized carbons (Fsp3) is 0.450. The average Bonchev–Trinajstić information content (AvgIpc) is 3.14. The van der Waals surface area contributed by atoms with Crippen molar-refractivity contribution in [3.8, 4) is 11.4 Å². The summed E-state index contributed by atoms with van der Waals surface area (Å²) in [7, 11) is 0. The Hall–Kier alpha value is -3.10. The summed E-state index contributed by atoms with van der Waals surface area (Å²) in [5.74, 6) is 0.0636. The number of anilines is 1. The lowest BCUT2D eigenvalue weighted by molar-refractivity contribution is -0.124. The summed E-state index contributed by atoms with van der Waals surface area (Å²) in [6, 6.07) is 0.121. The fourth-order valence-corrected chi connectivity index (χ4v) is 3.66. The molecule has 0 saturated heterocycles. The van der Waals surface area contributed by atoms with Crippen molar-refractivity contribution in [2.24, 2.45) is 5.92 Å². The Labute approximate surface area is 167 Å². The van der Waals surface area contributed by atoms with Crippen LogP contribution in [-0.2, 0) is 4.79 Å². The Balaban J connectivity index is 1.52. The number of fused-ring (bicyclic) bond motifs is 1. The van der Waals surface area contributed by atoms with Gasteiger partial charge in [0.25, 0.3) is 0 Å². The van der Waals surface area contributed by atoms with Gasteiger partial charge < -0.3 is 15.6 Å². The van der Waals surface area contributed by atoms with Gasteiger partial charge in [0.1, 0.15) is 12.0 Å². The largest absolute Gasteiger partial charge is 0.365 e. The molecule has 9 heteroatoms. The van der Waals surface area contributed by atoms with Gasteiger partial charge in [0.15, 0.2) is 17.5 Å². The van der Waals surface area contributed by atoms with Crippen molar-refractivity contribution in [3.63, 3.8) is 0 Å². The van der Waals surface area contributed by atoms with Gasteiger partial charge in [-0.05, 0) is 25.7 Å². The standard InChI is InChI=1S/C20H24FN7O/c1-11(2)20(29)27-13-5-3-4-12(6-13)26-19-16(21)9-24-18(28-19)15-8-23-17-14(15)7-22-10-25-17/h7-13H,3-6H2,1-2H3,(H,27,29)(H,22,23,25)(H,24,26,28)/t12-,13+/m1/s1.